The molecule has 15 heavy (non-hydrogen) atoms. The molecule has 0 bridgehead atoms. The second-order valence-electron chi connectivity index (χ2n) is 3.51. The van der Waals surface area contributed by atoms with E-state index in [2.05, 4.69) is 0 Å². The Labute approximate surface area is 85.9 Å². The van der Waals surface area contributed by atoms with Crippen LogP contribution in [0, 0.1) is 0 Å². The number of amides is 2. The van der Waals surface area contributed by atoms with Crippen molar-refractivity contribution in [3.63, 3.8) is 0 Å². The van der Waals surface area contributed by atoms with Gasteiger partial charge < -0.3 is 20.0 Å². The summed E-state index contributed by atoms with van der Waals surface area (Å²) in [6.45, 7) is -0.0628. The monoisotopic (exact) mass is 216 g/mol. The number of likely N-dealkylation sites (N-methyl/N-ethyl adjacent to an activating group) is 1. The molecular formula is C8H12N2O5. The first-order valence-corrected chi connectivity index (χ1v) is 4.33. The standard InChI is InChI=1S/C8H12N2O5/c1-9(5-11)8(6(12)13)2-3-10(4-8)7(14)15/h5H,2-4H2,1H3,(H,12,13)(H,14,15). The third-order valence-electron chi connectivity index (χ3n) is 2.75. The van der Waals surface area contributed by atoms with Gasteiger partial charge in [0, 0.05) is 20.0 Å². The zero-order chi connectivity index (χ0) is 11.6. The molecule has 0 aromatic heterocycles. The molecule has 1 aliphatic rings. The molecular weight excluding hydrogens is 204 g/mol. The van der Waals surface area contributed by atoms with E-state index in [4.69, 9.17) is 10.2 Å². The highest BCUT2D eigenvalue weighted by Crippen LogP contribution is 2.26. The molecule has 7 nitrogen and oxygen atoms in total. The minimum Gasteiger partial charge on any atom is -0.479 e. The minimum absolute atomic E-state index is 0.115. The van der Waals surface area contributed by atoms with Crippen molar-refractivity contribution in [2.45, 2.75) is 12.0 Å². The number of likely N-dealkylation sites (tertiary alicyclic amines) is 1. The Balaban J connectivity index is 2.92. The van der Waals surface area contributed by atoms with Gasteiger partial charge in [-0.2, -0.15) is 0 Å². The van der Waals surface area contributed by atoms with E-state index in [1.165, 1.54) is 7.05 Å². The quantitative estimate of drug-likeness (QED) is 0.607. The summed E-state index contributed by atoms with van der Waals surface area (Å²) in [5.41, 5.74) is -1.42. The van der Waals surface area contributed by atoms with Crippen molar-refractivity contribution in [2.24, 2.45) is 0 Å². The summed E-state index contributed by atoms with van der Waals surface area (Å²) in [4.78, 5) is 34.3. The van der Waals surface area contributed by atoms with E-state index < -0.39 is 17.6 Å². The lowest BCUT2D eigenvalue weighted by molar-refractivity contribution is -0.152. The average molecular weight is 216 g/mol. The first-order valence-electron chi connectivity index (χ1n) is 4.33. The van der Waals surface area contributed by atoms with E-state index in [0.717, 1.165) is 9.80 Å². The first-order chi connectivity index (χ1) is 6.94. The highest BCUT2D eigenvalue weighted by molar-refractivity contribution is 5.83. The van der Waals surface area contributed by atoms with Gasteiger partial charge in [0.15, 0.2) is 5.54 Å². The van der Waals surface area contributed by atoms with E-state index in [9.17, 15) is 14.4 Å². The summed E-state index contributed by atoms with van der Waals surface area (Å²) in [7, 11) is 1.34. The van der Waals surface area contributed by atoms with Gasteiger partial charge in [0.2, 0.25) is 6.41 Å². The van der Waals surface area contributed by atoms with Crippen LogP contribution in [0.15, 0.2) is 0 Å². The van der Waals surface area contributed by atoms with Crippen LogP contribution in [0.2, 0.25) is 0 Å². The summed E-state index contributed by atoms with van der Waals surface area (Å²) in [6, 6.07) is 0. The number of carboxylic acids is 1. The van der Waals surface area contributed by atoms with E-state index in [1.807, 2.05) is 0 Å². The molecule has 7 heteroatoms. The van der Waals surface area contributed by atoms with Crippen LogP contribution in [0.4, 0.5) is 4.79 Å². The number of carboxylic acid groups (broad SMARTS) is 2. The van der Waals surface area contributed by atoms with Crippen LogP contribution < -0.4 is 0 Å². The molecule has 0 saturated carbocycles. The van der Waals surface area contributed by atoms with Crippen LogP contribution in [0.1, 0.15) is 6.42 Å². The largest absolute Gasteiger partial charge is 0.479 e. The number of aliphatic carboxylic acids is 1. The van der Waals surface area contributed by atoms with Gasteiger partial charge in [0.1, 0.15) is 0 Å². The number of carbonyl (C=O) groups excluding carboxylic acids is 1. The molecule has 0 radical (unpaired) electrons. The molecule has 84 valence electrons. The van der Waals surface area contributed by atoms with Gasteiger partial charge in [-0.1, -0.05) is 0 Å². The molecule has 1 saturated heterocycles. The molecule has 0 aromatic carbocycles. The fourth-order valence-electron chi connectivity index (χ4n) is 1.67. The highest BCUT2D eigenvalue weighted by Gasteiger charge is 2.49. The van der Waals surface area contributed by atoms with Crippen LogP contribution >= 0.6 is 0 Å². The normalized spacial score (nSPS) is 25.0. The molecule has 0 aliphatic carbocycles. The van der Waals surface area contributed by atoms with E-state index in [0.29, 0.717) is 6.41 Å². The van der Waals surface area contributed by atoms with Crippen LogP contribution in [0.25, 0.3) is 0 Å². The Bertz CT molecular complexity index is 305. The van der Waals surface area contributed by atoms with Crippen LogP contribution in [-0.4, -0.2) is 64.2 Å². The Hall–Kier alpha value is -1.79. The van der Waals surface area contributed by atoms with Crippen molar-refractivity contribution in [1.82, 2.24) is 9.80 Å². The topological polar surface area (TPSA) is 98.2 Å². The predicted molar refractivity (Wildman–Crippen MR) is 48.4 cm³/mol. The summed E-state index contributed by atoms with van der Waals surface area (Å²) >= 11 is 0. The van der Waals surface area contributed by atoms with Crippen molar-refractivity contribution in [2.75, 3.05) is 20.1 Å². The van der Waals surface area contributed by atoms with Gasteiger partial charge in [-0.25, -0.2) is 9.59 Å². The van der Waals surface area contributed by atoms with Crippen molar-refractivity contribution >= 4 is 18.5 Å². The van der Waals surface area contributed by atoms with Crippen molar-refractivity contribution in [1.29, 1.82) is 0 Å². The zero-order valence-corrected chi connectivity index (χ0v) is 8.21. The molecule has 1 aliphatic heterocycles. The van der Waals surface area contributed by atoms with Gasteiger partial charge >= 0.3 is 12.1 Å². The fraction of sp³-hybridized carbons (Fsp3) is 0.625. The summed E-state index contributed by atoms with van der Waals surface area (Å²) in [5, 5.41) is 17.8. The van der Waals surface area contributed by atoms with Gasteiger partial charge in [0.25, 0.3) is 0 Å². The minimum atomic E-state index is -1.42. The lowest BCUT2D eigenvalue weighted by atomic mass is 9.97. The Morgan fingerprint density at radius 1 is 1.47 bits per heavy atom. The van der Waals surface area contributed by atoms with Crippen molar-refractivity contribution in [3.8, 4) is 0 Å². The molecule has 1 fully saturated rings. The maximum Gasteiger partial charge on any atom is 0.407 e. The molecule has 0 aromatic rings. The number of hydrogen-bond donors (Lipinski definition) is 2. The van der Waals surface area contributed by atoms with E-state index in [1.54, 1.807) is 0 Å². The molecule has 1 rings (SSSR count). The fourth-order valence-corrected chi connectivity index (χ4v) is 1.67. The molecule has 1 unspecified atom stereocenters. The number of nitrogens with zero attached hydrogens (tertiary/aromatic N) is 2. The summed E-state index contributed by atoms with van der Waals surface area (Å²) in [5.74, 6) is -1.18. The molecule has 0 spiro atoms. The zero-order valence-electron chi connectivity index (χ0n) is 8.21. The Morgan fingerprint density at radius 2 is 2.07 bits per heavy atom. The average Bonchev–Trinajstić information content (AvgIpc) is 2.62. The number of carbonyl (C=O) groups is 3. The maximum atomic E-state index is 11.1. The molecule has 2 N–H and O–H groups in total. The van der Waals surface area contributed by atoms with Gasteiger partial charge in [-0.05, 0) is 0 Å². The van der Waals surface area contributed by atoms with Crippen molar-refractivity contribution in [3.05, 3.63) is 0 Å². The van der Waals surface area contributed by atoms with Gasteiger partial charge in [-0.3, -0.25) is 4.79 Å². The second-order valence-corrected chi connectivity index (χ2v) is 3.51. The Morgan fingerprint density at radius 3 is 2.40 bits per heavy atom. The second kappa shape index (κ2) is 3.76. The van der Waals surface area contributed by atoms with Gasteiger partial charge in [0.05, 0.1) is 6.54 Å². The maximum absolute atomic E-state index is 11.1. The lowest BCUT2D eigenvalue weighted by Gasteiger charge is -2.31. The van der Waals surface area contributed by atoms with E-state index >= 15 is 0 Å². The van der Waals surface area contributed by atoms with Crippen LogP contribution in [0.5, 0.6) is 0 Å². The number of hydrogen-bond acceptors (Lipinski definition) is 3. The third-order valence-corrected chi connectivity index (χ3v) is 2.75. The SMILES string of the molecule is CN(C=O)C1(C(=O)O)CCN(C(=O)O)C1. The summed E-state index contributed by atoms with van der Waals surface area (Å²) in [6.07, 6.45) is -0.652. The van der Waals surface area contributed by atoms with Crippen molar-refractivity contribution < 1.29 is 24.6 Å². The number of rotatable bonds is 3. The van der Waals surface area contributed by atoms with E-state index in [-0.39, 0.29) is 19.5 Å². The lowest BCUT2D eigenvalue weighted by Crippen LogP contribution is -2.54. The van der Waals surface area contributed by atoms with Gasteiger partial charge in [-0.15, -0.1) is 0 Å². The smallest absolute Gasteiger partial charge is 0.407 e. The highest BCUT2D eigenvalue weighted by atomic mass is 16.4. The first kappa shape index (κ1) is 11.3. The molecule has 1 heterocycles. The van der Waals surface area contributed by atoms with Crippen LogP contribution in [0.3, 0.4) is 0 Å². The third kappa shape index (κ3) is 1.72. The summed E-state index contributed by atoms with van der Waals surface area (Å²) < 4.78 is 0. The Kier molecular flexibility index (Phi) is 2.83. The molecule has 2 amide bonds. The molecule has 1 atom stereocenters. The van der Waals surface area contributed by atoms with Crippen LogP contribution in [-0.2, 0) is 9.59 Å². The predicted octanol–water partition coefficient (Wildman–Crippen LogP) is -0.718.